The number of thiophene rings is 1. The van der Waals surface area contributed by atoms with Gasteiger partial charge in [-0.1, -0.05) is 6.92 Å². The number of likely N-dealkylation sites (tertiary alicyclic amines) is 1. The molecule has 0 aliphatic carbocycles. The van der Waals surface area contributed by atoms with Crippen LogP contribution in [0, 0.1) is 0 Å². The molecule has 2 aliphatic rings. The molecule has 0 radical (unpaired) electrons. The second-order valence-electron chi connectivity index (χ2n) is 7.34. The molecule has 2 aliphatic heterocycles. The highest BCUT2D eigenvalue weighted by atomic mass is 32.1. The third-order valence-electron chi connectivity index (χ3n) is 4.90. The molecular formula is C21H30N4O4S. The summed E-state index contributed by atoms with van der Waals surface area (Å²) in [7, 11) is 0. The summed E-state index contributed by atoms with van der Waals surface area (Å²) in [6.45, 7) is 6.45. The van der Waals surface area contributed by atoms with Crippen molar-refractivity contribution in [1.82, 2.24) is 9.96 Å². The molecule has 3 heterocycles. The van der Waals surface area contributed by atoms with Gasteiger partial charge in [-0.05, 0) is 44.7 Å². The number of nitrogens with zero attached hydrogens (tertiary/aromatic N) is 3. The number of aliphatic imine (C=N–C) groups is 1. The summed E-state index contributed by atoms with van der Waals surface area (Å²) in [5.41, 5.74) is 7.30. The standard InChI is InChI=1S/C21H30N4O4S/c1-3-8-25(29-4-2)20(26)15-11-18-17(23-19(22)12-15)13-16(30-18)14-28-21(27)24-9-6-5-7-10-24/h11,13H,3-10,12,14H2,1-2H3,(H2,22,23). The highest BCUT2D eigenvalue weighted by Gasteiger charge is 2.23. The van der Waals surface area contributed by atoms with Gasteiger partial charge < -0.3 is 15.4 Å². The predicted molar refractivity (Wildman–Crippen MR) is 117 cm³/mol. The topological polar surface area (TPSA) is 97.5 Å². The quantitative estimate of drug-likeness (QED) is 0.658. The molecule has 3 rings (SSSR count). The van der Waals surface area contributed by atoms with E-state index in [1.807, 2.05) is 26.0 Å². The molecule has 1 fully saturated rings. The Labute approximate surface area is 181 Å². The third kappa shape index (κ3) is 5.60. The molecule has 0 aromatic carbocycles. The van der Waals surface area contributed by atoms with Crippen LogP contribution < -0.4 is 5.73 Å². The van der Waals surface area contributed by atoms with Crippen LogP contribution in [0.3, 0.4) is 0 Å². The highest BCUT2D eigenvalue weighted by Crippen LogP contribution is 2.35. The zero-order valence-corrected chi connectivity index (χ0v) is 18.5. The number of piperidine rings is 1. The fraction of sp³-hybridized carbons (Fsp3) is 0.571. The van der Waals surface area contributed by atoms with E-state index in [2.05, 4.69) is 4.99 Å². The number of fused-ring (bicyclic) bond motifs is 1. The van der Waals surface area contributed by atoms with Gasteiger partial charge in [-0.15, -0.1) is 11.3 Å². The van der Waals surface area contributed by atoms with Crippen LogP contribution in [0.2, 0.25) is 0 Å². The van der Waals surface area contributed by atoms with Crippen LogP contribution in [0.15, 0.2) is 16.6 Å². The molecule has 2 N–H and O–H groups in total. The molecule has 0 saturated carbocycles. The number of hydrogen-bond donors (Lipinski definition) is 1. The predicted octanol–water partition coefficient (Wildman–Crippen LogP) is 3.84. The van der Waals surface area contributed by atoms with E-state index >= 15 is 0 Å². The Morgan fingerprint density at radius 1 is 1.27 bits per heavy atom. The van der Waals surface area contributed by atoms with Crippen molar-refractivity contribution in [1.29, 1.82) is 0 Å². The smallest absolute Gasteiger partial charge is 0.410 e. The van der Waals surface area contributed by atoms with E-state index in [-0.39, 0.29) is 25.0 Å². The van der Waals surface area contributed by atoms with Crippen LogP contribution in [0.1, 0.15) is 55.7 Å². The molecule has 1 saturated heterocycles. The molecule has 0 bridgehead atoms. The maximum atomic E-state index is 12.9. The maximum absolute atomic E-state index is 12.9. The minimum atomic E-state index is -0.278. The third-order valence-corrected chi connectivity index (χ3v) is 5.94. The first-order chi connectivity index (χ1) is 14.5. The van der Waals surface area contributed by atoms with E-state index < -0.39 is 0 Å². The molecule has 8 nitrogen and oxygen atoms in total. The lowest BCUT2D eigenvalue weighted by atomic mass is 10.1. The first kappa shape index (κ1) is 22.3. The van der Waals surface area contributed by atoms with E-state index in [9.17, 15) is 9.59 Å². The zero-order chi connectivity index (χ0) is 21.5. The summed E-state index contributed by atoms with van der Waals surface area (Å²) in [6, 6.07) is 1.87. The summed E-state index contributed by atoms with van der Waals surface area (Å²) in [5, 5.41) is 1.39. The average Bonchev–Trinajstić information content (AvgIpc) is 3.04. The number of amides is 2. The largest absolute Gasteiger partial charge is 0.444 e. The van der Waals surface area contributed by atoms with Crippen LogP contribution in [0.5, 0.6) is 0 Å². The van der Waals surface area contributed by atoms with Crippen LogP contribution in [0.4, 0.5) is 10.5 Å². The Hall–Kier alpha value is -2.39. The SMILES string of the molecule is CCCN(OCC)C(=O)C1=Cc2sc(COC(=O)N3CCCCC3)cc2N=C(N)C1. The fourth-order valence-electron chi connectivity index (χ4n) is 3.49. The van der Waals surface area contributed by atoms with Crippen molar-refractivity contribution in [3.63, 3.8) is 0 Å². The van der Waals surface area contributed by atoms with Crippen LogP contribution >= 0.6 is 11.3 Å². The molecule has 2 amide bonds. The first-order valence-electron chi connectivity index (χ1n) is 10.5. The summed E-state index contributed by atoms with van der Waals surface area (Å²) in [5.74, 6) is 0.173. The van der Waals surface area contributed by atoms with E-state index in [0.29, 0.717) is 30.2 Å². The molecule has 1 aromatic heterocycles. The average molecular weight is 435 g/mol. The van der Waals surface area contributed by atoms with Gasteiger partial charge in [0.15, 0.2) is 0 Å². The molecule has 0 spiro atoms. The molecule has 0 unspecified atom stereocenters. The van der Waals surface area contributed by atoms with Crippen molar-refractivity contribution in [3.8, 4) is 0 Å². The van der Waals surface area contributed by atoms with Gasteiger partial charge in [-0.3, -0.25) is 9.63 Å². The zero-order valence-electron chi connectivity index (χ0n) is 17.7. The van der Waals surface area contributed by atoms with Gasteiger partial charge in [0.2, 0.25) is 0 Å². The van der Waals surface area contributed by atoms with Crippen molar-refractivity contribution in [3.05, 3.63) is 21.4 Å². The van der Waals surface area contributed by atoms with Crippen LogP contribution in [-0.2, 0) is 21.0 Å². The lowest BCUT2D eigenvalue weighted by Crippen LogP contribution is -2.35. The minimum Gasteiger partial charge on any atom is -0.444 e. The lowest BCUT2D eigenvalue weighted by Gasteiger charge is -2.25. The molecule has 1 aromatic rings. The van der Waals surface area contributed by atoms with Gasteiger partial charge >= 0.3 is 6.09 Å². The maximum Gasteiger partial charge on any atom is 0.410 e. The summed E-state index contributed by atoms with van der Waals surface area (Å²) in [4.78, 5) is 38.6. The Morgan fingerprint density at radius 2 is 2.03 bits per heavy atom. The van der Waals surface area contributed by atoms with Gasteiger partial charge in [0.1, 0.15) is 12.4 Å². The number of rotatable bonds is 7. The lowest BCUT2D eigenvalue weighted by molar-refractivity contribution is -0.180. The monoisotopic (exact) mass is 434 g/mol. The molecule has 9 heteroatoms. The molecule has 30 heavy (non-hydrogen) atoms. The van der Waals surface area contributed by atoms with Crippen molar-refractivity contribution in [2.45, 2.75) is 52.6 Å². The number of nitrogens with two attached hydrogens (primary N) is 1. The van der Waals surface area contributed by atoms with E-state index in [0.717, 1.165) is 48.5 Å². The fourth-order valence-corrected chi connectivity index (χ4v) is 4.47. The van der Waals surface area contributed by atoms with Gasteiger partial charge in [-0.2, -0.15) is 0 Å². The summed E-state index contributed by atoms with van der Waals surface area (Å²) < 4.78 is 5.48. The van der Waals surface area contributed by atoms with Gasteiger partial charge in [0.05, 0.1) is 17.2 Å². The second kappa shape index (κ2) is 10.6. The van der Waals surface area contributed by atoms with Gasteiger partial charge in [0.25, 0.3) is 5.91 Å². The first-order valence-corrected chi connectivity index (χ1v) is 11.4. The molecular weight excluding hydrogens is 404 g/mol. The van der Waals surface area contributed by atoms with Crippen molar-refractivity contribution in [2.24, 2.45) is 10.7 Å². The Morgan fingerprint density at radius 3 is 2.73 bits per heavy atom. The summed E-state index contributed by atoms with van der Waals surface area (Å²) in [6.07, 6.45) is 5.81. The van der Waals surface area contributed by atoms with E-state index in [1.165, 1.54) is 16.4 Å². The number of amidine groups is 1. The minimum absolute atomic E-state index is 0.181. The van der Waals surface area contributed by atoms with Crippen molar-refractivity contribution in [2.75, 3.05) is 26.2 Å². The summed E-state index contributed by atoms with van der Waals surface area (Å²) >= 11 is 1.45. The normalized spacial score (nSPS) is 16.3. The number of carbonyl (C=O) groups excluding carboxylic acids is 2. The molecule has 0 atom stereocenters. The highest BCUT2D eigenvalue weighted by molar-refractivity contribution is 7.13. The Bertz CT molecular complexity index is 821. The van der Waals surface area contributed by atoms with Crippen molar-refractivity contribution >= 4 is 40.9 Å². The van der Waals surface area contributed by atoms with Gasteiger partial charge in [0, 0.05) is 36.5 Å². The molecule has 164 valence electrons. The van der Waals surface area contributed by atoms with Gasteiger partial charge in [-0.25, -0.2) is 14.9 Å². The number of hydroxylamine groups is 2. The second-order valence-corrected chi connectivity index (χ2v) is 8.51. The Balaban J connectivity index is 1.72. The van der Waals surface area contributed by atoms with Crippen LogP contribution in [0.25, 0.3) is 6.08 Å². The van der Waals surface area contributed by atoms with Crippen molar-refractivity contribution < 1.29 is 19.2 Å². The number of ether oxygens (including phenoxy) is 1. The number of carbonyl (C=O) groups is 2. The van der Waals surface area contributed by atoms with E-state index in [4.69, 9.17) is 15.3 Å². The Kier molecular flexibility index (Phi) is 7.87. The number of hydrogen-bond acceptors (Lipinski definition) is 7. The van der Waals surface area contributed by atoms with Crippen LogP contribution in [-0.4, -0.2) is 54.0 Å². The van der Waals surface area contributed by atoms with E-state index in [1.54, 1.807) is 4.90 Å².